The molecule has 4 N–H and O–H groups in total. The van der Waals surface area contributed by atoms with Crippen LogP contribution < -0.4 is 5.73 Å². The maximum Gasteiger partial charge on any atom is 0.217 e. The molecule has 1 aliphatic rings. The van der Waals surface area contributed by atoms with Gasteiger partial charge in [0.05, 0.1) is 0 Å². The lowest BCUT2D eigenvalue weighted by atomic mass is 10.4. The van der Waals surface area contributed by atoms with Gasteiger partial charge in [0, 0.05) is 13.0 Å². The largest absolute Gasteiger partial charge is 0.372 e. The minimum atomic E-state index is -1.49. The van der Waals surface area contributed by atoms with Crippen LogP contribution in [0.1, 0.15) is 12.8 Å². The highest BCUT2D eigenvalue weighted by Crippen LogP contribution is 2.27. The number of hydroxylamine groups is 2. The van der Waals surface area contributed by atoms with Crippen LogP contribution in [0.5, 0.6) is 0 Å². The monoisotopic (exact) mass is 182 g/mol. The quantitative estimate of drug-likeness (QED) is 0.267. The molecule has 1 amide bonds. The zero-order chi connectivity index (χ0) is 8.91. The molecule has 0 aliphatic carbocycles. The molecule has 6 heteroatoms. The van der Waals surface area contributed by atoms with Crippen molar-refractivity contribution < 1.29 is 15.1 Å². The Morgan fingerprint density at radius 2 is 2.18 bits per heavy atom. The van der Waals surface area contributed by atoms with E-state index in [0.29, 0.717) is 13.0 Å². The molecule has 1 fully saturated rings. The molecule has 1 saturated heterocycles. The zero-order valence-electron chi connectivity index (χ0n) is 5.90. The summed E-state index contributed by atoms with van der Waals surface area (Å²) in [6, 6.07) is 0. The third kappa shape index (κ3) is 3.52. The van der Waals surface area contributed by atoms with E-state index >= 15 is 0 Å². The molecule has 1 atom stereocenters. The van der Waals surface area contributed by atoms with Gasteiger partial charge >= 0.3 is 0 Å². The number of hydrogen-bond donors (Lipinski definition) is 3. The van der Waals surface area contributed by atoms with Crippen molar-refractivity contribution in [3.8, 4) is 0 Å². The first kappa shape index (κ1) is 10.6. The molecule has 1 heterocycles. The van der Waals surface area contributed by atoms with Crippen LogP contribution in [0.4, 0.5) is 0 Å². The summed E-state index contributed by atoms with van der Waals surface area (Å²) in [4.78, 5) is 8.58. The first-order valence-corrected chi connectivity index (χ1v) is 3.45. The van der Waals surface area contributed by atoms with Crippen molar-refractivity contribution in [1.29, 1.82) is 0 Å². The van der Waals surface area contributed by atoms with Gasteiger partial charge in [-0.05, 0) is 6.42 Å². The molecule has 66 valence electrons. The van der Waals surface area contributed by atoms with Crippen LogP contribution in [0.25, 0.3) is 0 Å². The zero-order valence-corrected chi connectivity index (χ0v) is 6.66. The number of halogens is 1. The van der Waals surface area contributed by atoms with Gasteiger partial charge in [0.2, 0.25) is 11.6 Å². The Hall–Kier alpha value is -0.360. The van der Waals surface area contributed by atoms with Crippen LogP contribution in [0.15, 0.2) is 0 Å². The smallest absolute Gasteiger partial charge is 0.217 e. The first-order chi connectivity index (χ1) is 5.04. The molecule has 11 heavy (non-hydrogen) atoms. The Morgan fingerprint density at radius 1 is 1.73 bits per heavy atom. The normalized spacial score (nSPS) is 30.8. The van der Waals surface area contributed by atoms with Crippen molar-refractivity contribution in [2.45, 2.75) is 18.0 Å². The molecule has 0 aromatic carbocycles. The number of rotatable bonds is 0. The summed E-state index contributed by atoms with van der Waals surface area (Å²) in [6.45, 7) is 0.458. The summed E-state index contributed by atoms with van der Waals surface area (Å²) in [6.07, 6.45) is 1.43. The number of aliphatic hydroxyl groups is 1. The van der Waals surface area contributed by atoms with Gasteiger partial charge < -0.3 is 16.0 Å². The summed E-state index contributed by atoms with van der Waals surface area (Å²) in [5.41, 5.74) is 4.17. The minimum absolute atomic E-state index is 0.250. The Kier molecular flexibility index (Phi) is 4.36. The van der Waals surface area contributed by atoms with Gasteiger partial charge in [-0.1, -0.05) is 11.6 Å². The standard InChI is InChI=1S/C4H8ClNO2.CH3NO/c5-4(7)2-1-3-6(4)8;2-1-3/h7-8H,1-3H2;1H,(H2,2,3)/t4-;/m1./s1. The summed E-state index contributed by atoms with van der Waals surface area (Å²) in [5.74, 6) is 0. The summed E-state index contributed by atoms with van der Waals surface area (Å²) in [5, 5.41) is 16.9. The molecule has 0 radical (unpaired) electrons. The Morgan fingerprint density at radius 3 is 2.27 bits per heavy atom. The van der Waals surface area contributed by atoms with Gasteiger partial charge in [-0.2, -0.15) is 0 Å². The molecule has 5 nitrogen and oxygen atoms in total. The number of nitrogens with zero attached hydrogens (tertiary/aromatic N) is 1. The Labute approximate surface area is 69.3 Å². The van der Waals surface area contributed by atoms with Crippen molar-refractivity contribution in [3.63, 3.8) is 0 Å². The second-order valence-electron chi connectivity index (χ2n) is 2.08. The fraction of sp³-hybridized carbons (Fsp3) is 0.800. The lowest BCUT2D eigenvalue weighted by molar-refractivity contribution is -0.194. The third-order valence-electron chi connectivity index (χ3n) is 1.26. The van der Waals surface area contributed by atoms with Gasteiger partial charge in [-0.15, -0.1) is 5.06 Å². The van der Waals surface area contributed by atoms with Crippen LogP contribution in [0, 0.1) is 0 Å². The number of amides is 1. The number of hydrogen-bond acceptors (Lipinski definition) is 4. The molecule has 0 unspecified atom stereocenters. The van der Waals surface area contributed by atoms with E-state index in [1.807, 2.05) is 0 Å². The van der Waals surface area contributed by atoms with Gasteiger partial charge in [0.1, 0.15) is 0 Å². The summed E-state index contributed by atoms with van der Waals surface area (Å²) >= 11 is 5.35. The van der Waals surface area contributed by atoms with E-state index in [1.165, 1.54) is 0 Å². The van der Waals surface area contributed by atoms with Gasteiger partial charge in [-0.25, -0.2) is 0 Å². The van der Waals surface area contributed by atoms with E-state index < -0.39 is 5.18 Å². The highest BCUT2D eigenvalue weighted by atomic mass is 35.5. The summed E-state index contributed by atoms with van der Waals surface area (Å²) in [7, 11) is 0. The maximum absolute atomic E-state index is 8.90. The van der Waals surface area contributed by atoms with Gasteiger partial charge in [0.15, 0.2) is 0 Å². The van der Waals surface area contributed by atoms with E-state index in [-0.39, 0.29) is 6.41 Å². The number of nitrogens with two attached hydrogens (primary N) is 1. The molecule has 0 saturated carbocycles. The molecule has 1 aliphatic heterocycles. The number of carbonyl (C=O) groups is 1. The van der Waals surface area contributed by atoms with E-state index in [0.717, 1.165) is 11.5 Å². The van der Waals surface area contributed by atoms with Crippen LogP contribution >= 0.6 is 11.6 Å². The minimum Gasteiger partial charge on any atom is -0.372 e. The Balaban J connectivity index is 0.000000292. The van der Waals surface area contributed by atoms with Gasteiger partial charge in [-0.3, -0.25) is 4.79 Å². The van der Waals surface area contributed by atoms with E-state index in [1.54, 1.807) is 0 Å². The van der Waals surface area contributed by atoms with Crippen molar-refractivity contribution in [2.75, 3.05) is 6.54 Å². The second-order valence-corrected chi connectivity index (χ2v) is 2.69. The number of carbonyl (C=O) groups excluding carboxylic acids is 1. The second kappa shape index (κ2) is 4.50. The van der Waals surface area contributed by atoms with E-state index in [9.17, 15) is 0 Å². The Bertz CT molecular complexity index is 131. The van der Waals surface area contributed by atoms with E-state index in [2.05, 4.69) is 5.73 Å². The van der Waals surface area contributed by atoms with Gasteiger partial charge in [0.25, 0.3) is 0 Å². The topological polar surface area (TPSA) is 86.8 Å². The highest BCUT2D eigenvalue weighted by Gasteiger charge is 2.35. The average Bonchev–Trinajstić information content (AvgIpc) is 2.14. The van der Waals surface area contributed by atoms with Crippen molar-refractivity contribution in [2.24, 2.45) is 5.73 Å². The number of alkyl halides is 1. The number of primary amides is 1. The first-order valence-electron chi connectivity index (χ1n) is 3.08. The summed E-state index contributed by atoms with van der Waals surface area (Å²) < 4.78 is 0. The molecule has 0 spiro atoms. The lowest BCUT2D eigenvalue weighted by Crippen LogP contribution is -2.35. The van der Waals surface area contributed by atoms with Crippen molar-refractivity contribution in [3.05, 3.63) is 0 Å². The van der Waals surface area contributed by atoms with Crippen LogP contribution in [0.2, 0.25) is 0 Å². The highest BCUT2D eigenvalue weighted by molar-refractivity contribution is 6.22. The molecule has 1 rings (SSSR count). The van der Waals surface area contributed by atoms with Crippen molar-refractivity contribution in [1.82, 2.24) is 5.06 Å². The van der Waals surface area contributed by atoms with Crippen LogP contribution in [0.3, 0.4) is 0 Å². The van der Waals surface area contributed by atoms with E-state index in [4.69, 9.17) is 26.7 Å². The average molecular weight is 183 g/mol. The fourth-order valence-electron chi connectivity index (χ4n) is 0.754. The van der Waals surface area contributed by atoms with Crippen LogP contribution in [-0.4, -0.2) is 33.5 Å². The molecular formula is C5H11ClN2O3. The molecule has 0 aromatic heterocycles. The third-order valence-corrected chi connectivity index (χ3v) is 1.64. The maximum atomic E-state index is 8.90. The predicted octanol–water partition coefficient (Wildman–Crippen LogP) is -0.542. The molecule has 0 aromatic rings. The fourth-order valence-corrected chi connectivity index (χ4v) is 0.972. The SMILES string of the molecule is NC=O.ON1CCC[C@@]1(O)Cl. The van der Waals surface area contributed by atoms with Crippen molar-refractivity contribution >= 4 is 18.0 Å². The molecular weight excluding hydrogens is 172 g/mol. The molecule has 0 bridgehead atoms. The predicted molar refractivity (Wildman–Crippen MR) is 38.8 cm³/mol. The lowest BCUT2D eigenvalue weighted by Gasteiger charge is -2.19. The van der Waals surface area contributed by atoms with Crippen LogP contribution in [-0.2, 0) is 4.79 Å².